The molecule has 0 aromatic heterocycles. The zero-order chi connectivity index (χ0) is 11.4. The molecule has 0 radical (unpaired) electrons. The molecule has 2 aliphatic heterocycles. The summed E-state index contributed by atoms with van der Waals surface area (Å²) in [6.45, 7) is 4.92. The van der Waals surface area contributed by atoms with Crippen LogP contribution in [0.5, 0.6) is 0 Å². The first-order valence-electron chi connectivity index (χ1n) is 6.49. The molecule has 4 nitrogen and oxygen atoms in total. The van der Waals surface area contributed by atoms with Gasteiger partial charge in [-0.3, -0.25) is 0 Å². The van der Waals surface area contributed by atoms with Gasteiger partial charge in [0.15, 0.2) is 0 Å². The van der Waals surface area contributed by atoms with E-state index < -0.39 is 0 Å². The average molecular weight is 225 g/mol. The first kappa shape index (κ1) is 11.7. The zero-order valence-corrected chi connectivity index (χ0v) is 10.2. The summed E-state index contributed by atoms with van der Waals surface area (Å²) in [5, 5.41) is 3.22. The number of rotatable bonds is 2. The second kappa shape index (κ2) is 5.53. The van der Waals surface area contributed by atoms with Crippen LogP contribution in [0.3, 0.4) is 0 Å². The molecule has 2 heterocycles. The van der Waals surface area contributed by atoms with Crippen molar-refractivity contribution in [3.8, 4) is 0 Å². The quantitative estimate of drug-likeness (QED) is 0.765. The van der Waals surface area contributed by atoms with E-state index in [1.54, 1.807) is 0 Å². The standard InChI is InChI=1S/C12H23N3O/c1-13-10-11-4-8-15(9-5-11)12(16)14-6-2-3-7-14/h11,13H,2-10H2,1H3. The number of amides is 2. The van der Waals surface area contributed by atoms with Crippen LogP contribution >= 0.6 is 0 Å². The largest absolute Gasteiger partial charge is 0.325 e. The van der Waals surface area contributed by atoms with E-state index in [-0.39, 0.29) is 6.03 Å². The number of hydrogen-bond donors (Lipinski definition) is 1. The molecule has 0 aliphatic carbocycles. The SMILES string of the molecule is CNCC1CCN(C(=O)N2CCCC2)CC1. The van der Waals surface area contributed by atoms with Crippen LogP contribution in [-0.2, 0) is 0 Å². The lowest BCUT2D eigenvalue weighted by Gasteiger charge is -2.34. The number of piperidine rings is 1. The van der Waals surface area contributed by atoms with Crippen LogP contribution in [0.4, 0.5) is 4.79 Å². The summed E-state index contributed by atoms with van der Waals surface area (Å²) >= 11 is 0. The Morgan fingerprint density at radius 1 is 1.12 bits per heavy atom. The van der Waals surface area contributed by atoms with Gasteiger partial charge >= 0.3 is 6.03 Å². The van der Waals surface area contributed by atoms with E-state index >= 15 is 0 Å². The van der Waals surface area contributed by atoms with Gasteiger partial charge in [0.1, 0.15) is 0 Å². The van der Waals surface area contributed by atoms with Gasteiger partial charge in [-0.05, 0) is 45.2 Å². The minimum atomic E-state index is 0.278. The zero-order valence-electron chi connectivity index (χ0n) is 10.2. The van der Waals surface area contributed by atoms with Crippen molar-refractivity contribution in [3.05, 3.63) is 0 Å². The molecule has 2 saturated heterocycles. The first-order valence-corrected chi connectivity index (χ1v) is 6.49. The van der Waals surface area contributed by atoms with Crippen LogP contribution in [0.15, 0.2) is 0 Å². The summed E-state index contributed by atoms with van der Waals surface area (Å²) in [4.78, 5) is 16.2. The Morgan fingerprint density at radius 3 is 2.25 bits per heavy atom. The molecule has 0 aromatic carbocycles. The van der Waals surface area contributed by atoms with Crippen molar-refractivity contribution in [2.24, 2.45) is 5.92 Å². The van der Waals surface area contributed by atoms with E-state index in [9.17, 15) is 4.79 Å². The van der Waals surface area contributed by atoms with Crippen LogP contribution in [-0.4, -0.2) is 55.6 Å². The first-order chi connectivity index (χ1) is 7.81. The molecule has 4 heteroatoms. The number of nitrogens with zero attached hydrogens (tertiary/aromatic N) is 2. The van der Waals surface area contributed by atoms with E-state index in [4.69, 9.17) is 0 Å². The molecule has 92 valence electrons. The van der Waals surface area contributed by atoms with E-state index in [0.29, 0.717) is 0 Å². The lowest BCUT2D eigenvalue weighted by atomic mass is 9.97. The van der Waals surface area contributed by atoms with E-state index in [1.807, 2.05) is 16.8 Å². The van der Waals surface area contributed by atoms with Crippen LogP contribution in [0.2, 0.25) is 0 Å². The highest BCUT2D eigenvalue weighted by molar-refractivity contribution is 5.74. The number of carbonyl (C=O) groups is 1. The molecule has 0 saturated carbocycles. The Labute approximate surface area is 98.0 Å². The third-order valence-electron chi connectivity index (χ3n) is 3.75. The van der Waals surface area contributed by atoms with E-state index in [1.165, 1.54) is 12.8 Å². The van der Waals surface area contributed by atoms with Crippen LogP contribution in [0.1, 0.15) is 25.7 Å². The summed E-state index contributed by atoms with van der Waals surface area (Å²) in [5.41, 5.74) is 0. The maximum Gasteiger partial charge on any atom is 0.319 e. The highest BCUT2D eigenvalue weighted by Crippen LogP contribution is 2.19. The fourth-order valence-corrected chi connectivity index (χ4v) is 2.73. The topological polar surface area (TPSA) is 35.6 Å². The summed E-state index contributed by atoms with van der Waals surface area (Å²) < 4.78 is 0. The van der Waals surface area contributed by atoms with Crippen molar-refractivity contribution in [3.63, 3.8) is 0 Å². The van der Waals surface area contributed by atoms with Crippen LogP contribution < -0.4 is 5.32 Å². The van der Waals surface area contributed by atoms with Gasteiger partial charge in [0.2, 0.25) is 0 Å². The molecule has 2 rings (SSSR count). The fourth-order valence-electron chi connectivity index (χ4n) is 2.73. The summed E-state index contributed by atoms with van der Waals surface area (Å²) in [7, 11) is 2.00. The Bertz CT molecular complexity index is 230. The predicted octanol–water partition coefficient (Wildman–Crippen LogP) is 1.13. The number of urea groups is 1. The molecule has 1 N–H and O–H groups in total. The summed E-state index contributed by atoms with van der Waals surface area (Å²) in [6.07, 6.45) is 4.67. The molecule has 2 fully saturated rings. The lowest BCUT2D eigenvalue weighted by molar-refractivity contribution is 0.140. The average Bonchev–Trinajstić information content (AvgIpc) is 2.83. The maximum absolute atomic E-state index is 12.1. The normalized spacial score (nSPS) is 22.8. The van der Waals surface area contributed by atoms with Crippen LogP contribution in [0, 0.1) is 5.92 Å². The lowest BCUT2D eigenvalue weighted by Crippen LogP contribution is -2.46. The molecule has 0 aromatic rings. The molecular weight excluding hydrogens is 202 g/mol. The van der Waals surface area contributed by atoms with Crippen molar-refractivity contribution in [2.75, 3.05) is 39.8 Å². The molecule has 2 aliphatic rings. The molecule has 0 spiro atoms. The van der Waals surface area contributed by atoms with E-state index in [0.717, 1.165) is 51.5 Å². The highest BCUT2D eigenvalue weighted by atomic mass is 16.2. The summed E-state index contributed by atoms with van der Waals surface area (Å²) in [6, 6.07) is 0.278. The smallest absolute Gasteiger partial charge is 0.319 e. The fraction of sp³-hybridized carbons (Fsp3) is 0.917. The third-order valence-corrected chi connectivity index (χ3v) is 3.75. The third kappa shape index (κ3) is 2.67. The Balaban J connectivity index is 1.77. The Hall–Kier alpha value is -0.770. The van der Waals surface area contributed by atoms with Crippen molar-refractivity contribution >= 4 is 6.03 Å². The second-order valence-corrected chi connectivity index (χ2v) is 4.96. The highest BCUT2D eigenvalue weighted by Gasteiger charge is 2.27. The summed E-state index contributed by atoms with van der Waals surface area (Å²) in [5.74, 6) is 0.757. The van der Waals surface area contributed by atoms with Gasteiger partial charge in [-0.1, -0.05) is 0 Å². The van der Waals surface area contributed by atoms with Crippen molar-refractivity contribution < 1.29 is 4.79 Å². The van der Waals surface area contributed by atoms with Crippen molar-refractivity contribution in [1.29, 1.82) is 0 Å². The molecule has 0 bridgehead atoms. The number of hydrogen-bond acceptors (Lipinski definition) is 2. The predicted molar refractivity (Wildman–Crippen MR) is 64.4 cm³/mol. The number of nitrogens with one attached hydrogen (secondary N) is 1. The van der Waals surface area contributed by atoms with Gasteiger partial charge in [0, 0.05) is 26.2 Å². The molecule has 0 atom stereocenters. The number of likely N-dealkylation sites (tertiary alicyclic amines) is 2. The van der Waals surface area contributed by atoms with Gasteiger partial charge in [-0.2, -0.15) is 0 Å². The minimum Gasteiger partial charge on any atom is -0.325 e. The molecule has 16 heavy (non-hydrogen) atoms. The monoisotopic (exact) mass is 225 g/mol. The van der Waals surface area contributed by atoms with Crippen LogP contribution in [0.25, 0.3) is 0 Å². The van der Waals surface area contributed by atoms with Gasteiger partial charge in [-0.25, -0.2) is 4.79 Å². The molecular formula is C12H23N3O. The van der Waals surface area contributed by atoms with Gasteiger partial charge in [-0.15, -0.1) is 0 Å². The Morgan fingerprint density at radius 2 is 1.69 bits per heavy atom. The van der Waals surface area contributed by atoms with Gasteiger partial charge < -0.3 is 15.1 Å². The van der Waals surface area contributed by atoms with Crippen molar-refractivity contribution in [2.45, 2.75) is 25.7 Å². The molecule has 2 amide bonds. The van der Waals surface area contributed by atoms with Gasteiger partial charge in [0.05, 0.1) is 0 Å². The Kier molecular flexibility index (Phi) is 4.04. The molecule has 0 unspecified atom stereocenters. The maximum atomic E-state index is 12.1. The number of carbonyl (C=O) groups excluding carboxylic acids is 1. The minimum absolute atomic E-state index is 0.278. The van der Waals surface area contributed by atoms with E-state index in [2.05, 4.69) is 5.32 Å². The van der Waals surface area contributed by atoms with Gasteiger partial charge in [0.25, 0.3) is 0 Å². The second-order valence-electron chi connectivity index (χ2n) is 4.96. The van der Waals surface area contributed by atoms with Crippen molar-refractivity contribution in [1.82, 2.24) is 15.1 Å².